The summed E-state index contributed by atoms with van der Waals surface area (Å²) in [5.74, 6) is 0.0709. The Morgan fingerprint density at radius 3 is 2.84 bits per heavy atom. The van der Waals surface area contributed by atoms with Gasteiger partial charge in [0.2, 0.25) is 5.91 Å². The predicted octanol–water partition coefficient (Wildman–Crippen LogP) is 3.03. The van der Waals surface area contributed by atoms with E-state index in [4.69, 9.17) is 14.9 Å². The van der Waals surface area contributed by atoms with Crippen molar-refractivity contribution in [3.8, 4) is 0 Å². The number of nitrogens with one attached hydrogen (secondary N) is 1. The fraction of sp³-hybridized carbons (Fsp3) is 0.526. The van der Waals surface area contributed by atoms with Gasteiger partial charge < -0.3 is 20.2 Å². The third-order valence-corrected chi connectivity index (χ3v) is 5.64. The van der Waals surface area contributed by atoms with Crippen molar-refractivity contribution in [1.29, 1.82) is 0 Å². The number of carbonyl (C=O) groups is 1. The van der Waals surface area contributed by atoms with Gasteiger partial charge in [0.1, 0.15) is 22.7 Å². The second-order valence-electron chi connectivity index (χ2n) is 7.31. The summed E-state index contributed by atoms with van der Waals surface area (Å²) >= 11 is 0. The smallest absolute Gasteiger partial charge is 0.241 e. The molecule has 3 N–H and O–H groups in total. The third kappa shape index (κ3) is 2.73. The van der Waals surface area contributed by atoms with Crippen LogP contribution in [0.25, 0.3) is 11.0 Å². The standard InChI is InChI=1S/C19H25FN2O3/c1-5-24-16-9-19(21,18(16,3)4)17(23)22-10-15-11(2)13-8-12(20)6-7-14(13)25-15/h6-8,16H,5,9-10,21H2,1-4H3,(H,22,23). The number of nitrogens with two attached hydrogens (primary N) is 1. The molecule has 0 aliphatic heterocycles. The molecule has 1 amide bonds. The molecule has 1 heterocycles. The monoisotopic (exact) mass is 348 g/mol. The van der Waals surface area contributed by atoms with E-state index < -0.39 is 11.0 Å². The third-order valence-electron chi connectivity index (χ3n) is 5.64. The summed E-state index contributed by atoms with van der Waals surface area (Å²) < 4.78 is 24.8. The van der Waals surface area contributed by atoms with Crippen molar-refractivity contribution in [2.45, 2.75) is 52.3 Å². The van der Waals surface area contributed by atoms with E-state index in [1.165, 1.54) is 12.1 Å². The van der Waals surface area contributed by atoms with E-state index in [0.29, 0.717) is 29.8 Å². The van der Waals surface area contributed by atoms with Crippen LogP contribution in [0.3, 0.4) is 0 Å². The van der Waals surface area contributed by atoms with Crippen LogP contribution in [-0.4, -0.2) is 24.2 Å². The molecule has 2 aromatic rings. The maximum Gasteiger partial charge on any atom is 0.241 e. The lowest BCUT2D eigenvalue weighted by atomic mass is 9.54. The molecule has 0 radical (unpaired) electrons. The summed E-state index contributed by atoms with van der Waals surface area (Å²) in [5.41, 5.74) is 6.37. The van der Waals surface area contributed by atoms with E-state index in [-0.39, 0.29) is 24.4 Å². The number of aryl methyl sites for hydroxylation is 1. The molecular weight excluding hydrogens is 323 g/mol. The van der Waals surface area contributed by atoms with Gasteiger partial charge in [-0.25, -0.2) is 4.39 Å². The normalized spacial score (nSPS) is 25.0. The van der Waals surface area contributed by atoms with E-state index in [1.54, 1.807) is 6.07 Å². The number of rotatable bonds is 5. The SMILES string of the molecule is CCOC1CC(N)(C(=O)NCc2oc3ccc(F)cc3c2C)C1(C)C. The second kappa shape index (κ2) is 6.11. The Hall–Kier alpha value is -1.92. The van der Waals surface area contributed by atoms with Crippen LogP contribution in [0, 0.1) is 18.2 Å². The molecule has 0 saturated heterocycles. The van der Waals surface area contributed by atoms with Crippen molar-refractivity contribution in [3.63, 3.8) is 0 Å². The number of fused-ring (bicyclic) bond motifs is 1. The molecule has 0 spiro atoms. The summed E-state index contributed by atoms with van der Waals surface area (Å²) in [6, 6.07) is 4.38. The number of hydrogen-bond acceptors (Lipinski definition) is 4. The molecule has 0 bridgehead atoms. The quantitative estimate of drug-likeness (QED) is 0.871. The summed E-state index contributed by atoms with van der Waals surface area (Å²) in [6.45, 7) is 8.50. The average Bonchev–Trinajstić information content (AvgIpc) is 2.88. The van der Waals surface area contributed by atoms with Crippen molar-refractivity contribution in [2.75, 3.05) is 6.61 Å². The number of furan rings is 1. The zero-order chi connectivity index (χ0) is 18.4. The van der Waals surface area contributed by atoms with E-state index in [2.05, 4.69) is 5.32 Å². The fourth-order valence-electron chi connectivity index (χ4n) is 3.55. The molecular formula is C19H25FN2O3. The Kier molecular flexibility index (Phi) is 4.37. The average molecular weight is 348 g/mol. The van der Waals surface area contributed by atoms with Crippen LogP contribution in [0.1, 0.15) is 38.5 Å². The van der Waals surface area contributed by atoms with Gasteiger partial charge in [-0.1, -0.05) is 13.8 Å². The lowest BCUT2D eigenvalue weighted by Crippen LogP contribution is -2.75. The maximum absolute atomic E-state index is 13.4. The van der Waals surface area contributed by atoms with Gasteiger partial charge in [-0.15, -0.1) is 0 Å². The van der Waals surface area contributed by atoms with Crippen LogP contribution in [0.4, 0.5) is 4.39 Å². The largest absolute Gasteiger partial charge is 0.459 e. The van der Waals surface area contributed by atoms with E-state index >= 15 is 0 Å². The molecule has 136 valence electrons. The number of carbonyl (C=O) groups excluding carboxylic acids is 1. The van der Waals surface area contributed by atoms with Crippen LogP contribution >= 0.6 is 0 Å². The second-order valence-corrected chi connectivity index (χ2v) is 7.31. The van der Waals surface area contributed by atoms with Crippen LogP contribution in [-0.2, 0) is 16.1 Å². The minimum Gasteiger partial charge on any atom is -0.459 e. The Morgan fingerprint density at radius 2 is 2.20 bits per heavy atom. The number of ether oxygens (including phenoxy) is 1. The lowest BCUT2D eigenvalue weighted by Gasteiger charge is -2.57. The summed E-state index contributed by atoms with van der Waals surface area (Å²) in [7, 11) is 0. The summed E-state index contributed by atoms with van der Waals surface area (Å²) in [6.07, 6.45) is 0.466. The van der Waals surface area contributed by atoms with Gasteiger partial charge in [-0.05, 0) is 32.0 Å². The van der Waals surface area contributed by atoms with E-state index in [1.807, 2.05) is 27.7 Å². The number of hydrogen-bond donors (Lipinski definition) is 2. The van der Waals surface area contributed by atoms with E-state index in [9.17, 15) is 9.18 Å². The van der Waals surface area contributed by atoms with Crippen LogP contribution < -0.4 is 11.1 Å². The molecule has 25 heavy (non-hydrogen) atoms. The van der Waals surface area contributed by atoms with Crippen molar-refractivity contribution >= 4 is 16.9 Å². The Labute approximate surface area is 146 Å². The van der Waals surface area contributed by atoms with Crippen LogP contribution in [0.5, 0.6) is 0 Å². The highest BCUT2D eigenvalue weighted by molar-refractivity contribution is 5.89. The summed E-state index contributed by atoms with van der Waals surface area (Å²) in [4.78, 5) is 12.7. The molecule has 1 aromatic carbocycles. The maximum atomic E-state index is 13.4. The minimum atomic E-state index is -0.973. The van der Waals surface area contributed by atoms with Gasteiger partial charge in [0.15, 0.2) is 0 Å². The van der Waals surface area contributed by atoms with Gasteiger partial charge in [0.05, 0.1) is 12.6 Å². The first-order valence-electron chi connectivity index (χ1n) is 8.57. The van der Waals surface area contributed by atoms with Gasteiger partial charge in [-0.2, -0.15) is 0 Å². The molecule has 2 atom stereocenters. The van der Waals surface area contributed by atoms with Crippen molar-refractivity contribution < 1.29 is 18.3 Å². The first-order chi connectivity index (χ1) is 11.7. The van der Waals surface area contributed by atoms with Gasteiger partial charge in [0.25, 0.3) is 0 Å². The van der Waals surface area contributed by atoms with Crippen molar-refractivity contribution in [1.82, 2.24) is 5.32 Å². The lowest BCUT2D eigenvalue weighted by molar-refractivity contribution is -0.170. The molecule has 6 heteroatoms. The first-order valence-corrected chi connectivity index (χ1v) is 8.57. The molecule has 1 aliphatic rings. The van der Waals surface area contributed by atoms with Crippen molar-refractivity contribution in [2.24, 2.45) is 11.1 Å². The fourth-order valence-corrected chi connectivity index (χ4v) is 3.55. The molecule has 1 aliphatic carbocycles. The number of halogens is 1. The molecule has 2 unspecified atom stereocenters. The Morgan fingerprint density at radius 1 is 1.48 bits per heavy atom. The Bertz CT molecular complexity index is 814. The highest BCUT2D eigenvalue weighted by Crippen LogP contribution is 2.49. The highest BCUT2D eigenvalue weighted by atomic mass is 19.1. The van der Waals surface area contributed by atoms with Crippen molar-refractivity contribution in [3.05, 3.63) is 35.3 Å². The van der Waals surface area contributed by atoms with Crippen LogP contribution in [0.2, 0.25) is 0 Å². The molecule has 1 aromatic heterocycles. The highest BCUT2D eigenvalue weighted by Gasteiger charge is 2.62. The zero-order valence-corrected chi connectivity index (χ0v) is 15.1. The molecule has 3 rings (SSSR count). The van der Waals surface area contributed by atoms with Gasteiger partial charge in [0, 0.05) is 29.4 Å². The van der Waals surface area contributed by atoms with Crippen LogP contribution in [0.15, 0.2) is 22.6 Å². The summed E-state index contributed by atoms with van der Waals surface area (Å²) in [5, 5.41) is 3.58. The zero-order valence-electron chi connectivity index (χ0n) is 15.1. The number of amides is 1. The van der Waals surface area contributed by atoms with Gasteiger partial charge in [-0.3, -0.25) is 4.79 Å². The van der Waals surface area contributed by atoms with Gasteiger partial charge >= 0.3 is 0 Å². The molecule has 5 nitrogen and oxygen atoms in total. The molecule has 1 saturated carbocycles. The topological polar surface area (TPSA) is 77.5 Å². The van der Waals surface area contributed by atoms with E-state index in [0.717, 1.165) is 5.56 Å². The first kappa shape index (κ1) is 17.9. The Balaban J connectivity index is 1.72. The minimum absolute atomic E-state index is 0.0239. The predicted molar refractivity (Wildman–Crippen MR) is 93.5 cm³/mol. The molecule has 1 fully saturated rings. The number of benzene rings is 1.